The number of nitrogens with one attached hydrogen (secondary N) is 1. The molecule has 1 heterocycles. The number of aliphatic hydroxyl groups is 1. The van der Waals surface area contributed by atoms with Gasteiger partial charge in [-0.05, 0) is 28.7 Å². The van der Waals surface area contributed by atoms with E-state index in [4.69, 9.17) is 4.74 Å². The van der Waals surface area contributed by atoms with Gasteiger partial charge in [-0.25, -0.2) is 4.79 Å². The van der Waals surface area contributed by atoms with E-state index in [1.165, 1.54) is 5.56 Å². The van der Waals surface area contributed by atoms with Crippen molar-refractivity contribution in [1.29, 1.82) is 0 Å². The maximum Gasteiger partial charge on any atom is 0.318 e. The van der Waals surface area contributed by atoms with Gasteiger partial charge in [0.05, 0.1) is 19.3 Å². The summed E-state index contributed by atoms with van der Waals surface area (Å²) in [6, 6.07) is 15.5. The number of methoxy groups -OCH3 is 1. The second-order valence-corrected chi connectivity index (χ2v) is 6.25. The van der Waals surface area contributed by atoms with Crippen LogP contribution in [0.1, 0.15) is 28.3 Å². The van der Waals surface area contributed by atoms with Crippen LogP contribution in [0.25, 0.3) is 0 Å². The highest BCUT2D eigenvalue weighted by Crippen LogP contribution is 2.29. The molecule has 0 spiro atoms. The summed E-state index contributed by atoms with van der Waals surface area (Å²) in [6.45, 7) is 1.58. The number of rotatable bonds is 5. The highest BCUT2D eigenvalue weighted by molar-refractivity contribution is 5.75. The minimum atomic E-state index is -0.283. The summed E-state index contributed by atoms with van der Waals surface area (Å²) in [4.78, 5) is 14.3. The molecule has 0 saturated carbocycles. The lowest BCUT2D eigenvalue weighted by Crippen LogP contribution is -2.46. The number of amides is 2. The Balaban J connectivity index is 1.63. The third-order valence-electron chi connectivity index (χ3n) is 4.62. The summed E-state index contributed by atoms with van der Waals surface area (Å²) >= 11 is 0. The molecule has 0 saturated heterocycles. The van der Waals surface area contributed by atoms with Crippen LogP contribution < -0.4 is 5.32 Å². The van der Waals surface area contributed by atoms with E-state index in [1.807, 2.05) is 42.5 Å². The first-order valence-corrected chi connectivity index (χ1v) is 8.53. The molecular formula is C20H24N2O3. The Labute approximate surface area is 148 Å². The number of nitrogens with zero attached hydrogens (tertiary/aromatic N) is 1. The zero-order valence-corrected chi connectivity index (χ0v) is 14.4. The molecule has 5 heteroatoms. The van der Waals surface area contributed by atoms with E-state index in [0.717, 1.165) is 23.1 Å². The van der Waals surface area contributed by atoms with E-state index in [-0.39, 0.29) is 18.7 Å². The summed E-state index contributed by atoms with van der Waals surface area (Å²) in [5.74, 6) is 0. The van der Waals surface area contributed by atoms with E-state index < -0.39 is 0 Å². The smallest absolute Gasteiger partial charge is 0.318 e. The highest BCUT2D eigenvalue weighted by atomic mass is 16.5. The van der Waals surface area contributed by atoms with Crippen molar-refractivity contribution in [3.63, 3.8) is 0 Å². The average Bonchev–Trinajstić information content (AvgIpc) is 2.66. The van der Waals surface area contributed by atoms with Gasteiger partial charge in [0.15, 0.2) is 0 Å². The molecule has 0 aromatic heterocycles. The Hall–Kier alpha value is -2.37. The molecule has 2 aromatic rings. The number of aliphatic hydroxyl groups excluding tert-OH is 1. The molecule has 25 heavy (non-hydrogen) atoms. The molecule has 132 valence electrons. The van der Waals surface area contributed by atoms with Crippen molar-refractivity contribution in [3.05, 3.63) is 70.8 Å². The van der Waals surface area contributed by atoms with Gasteiger partial charge in [0.1, 0.15) is 0 Å². The summed E-state index contributed by atoms with van der Waals surface area (Å²) in [6.07, 6.45) is 0.811. The lowest BCUT2D eigenvalue weighted by atomic mass is 9.93. The number of carbonyl (C=O) groups excluding carboxylic acids is 1. The zero-order chi connectivity index (χ0) is 17.6. The van der Waals surface area contributed by atoms with Crippen molar-refractivity contribution < 1.29 is 14.6 Å². The third kappa shape index (κ3) is 4.00. The van der Waals surface area contributed by atoms with Gasteiger partial charge >= 0.3 is 6.03 Å². The number of hydrogen-bond acceptors (Lipinski definition) is 3. The highest BCUT2D eigenvalue weighted by Gasteiger charge is 2.29. The molecule has 5 nitrogen and oxygen atoms in total. The van der Waals surface area contributed by atoms with Crippen LogP contribution >= 0.6 is 0 Å². The van der Waals surface area contributed by atoms with Gasteiger partial charge in [-0.1, -0.05) is 48.5 Å². The molecule has 1 aliphatic rings. The number of fused-ring (bicyclic) bond motifs is 1. The second kappa shape index (κ2) is 8.14. The molecule has 0 fully saturated rings. The Bertz CT molecular complexity index is 715. The molecule has 0 radical (unpaired) electrons. The normalized spacial score (nSPS) is 16.4. The van der Waals surface area contributed by atoms with E-state index in [9.17, 15) is 9.90 Å². The van der Waals surface area contributed by atoms with Gasteiger partial charge in [-0.2, -0.15) is 0 Å². The molecule has 2 N–H and O–H groups in total. The molecule has 1 aliphatic heterocycles. The maximum absolute atomic E-state index is 12.6. The first kappa shape index (κ1) is 17.5. The lowest BCUT2D eigenvalue weighted by Gasteiger charge is -2.36. The maximum atomic E-state index is 12.6. The standard InChI is InChI=1S/C20H24N2O3/c1-25-14-16-8-6-15(7-9-16)12-21-20(24)22-11-10-17-4-2-3-5-18(17)19(22)13-23/h2-9,19,23H,10-14H2,1H3,(H,21,24). The van der Waals surface area contributed by atoms with Crippen LogP contribution in [0.3, 0.4) is 0 Å². The van der Waals surface area contributed by atoms with Gasteiger partial charge in [0.25, 0.3) is 0 Å². The lowest BCUT2D eigenvalue weighted by molar-refractivity contribution is 0.126. The van der Waals surface area contributed by atoms with Gasteiger partial charge in [0.2, 0.25) is 0 Å². The summed E-state index contributed by atoms with van der Waals surface area (Å²) < 4.78 is 5.10. The first-order valence-electron chi connectivity index (χ1n) is 8.53. The van der Waals surface area contributed by atoms with Crippen molar-refractivity contribution in [1.82, 2.24) is 10.2 Å². The summed E-state index contributed by atoms with van der Waals surface area (Å²) in [5.41, 5.74) is 4.38. The Morgan fingerprint density at radius 2 is 1.92 bits per heavy atom. The second-order valence-electron chi connectivity index (χ2n) is 6.25. The van der Waals surface area contributed by atoms with Crippen molar-refractivity contribution in [2.75, 3.05) is 20.3 Å². The van der Waals surface area contributed by atoms with E-state index in [2.05, 4.69) is 11.4 Å². The van der Waals surface area contributed by atoms with Crippen LogP contribution in [0.4, 0.5) is 4.79 Å². The van der Waals surface area contributed by atoms with Gasteiger partial charge in [-0.3, -0.25) is 0 Å². The molecule has 0 bridgehead atoms. The van der Waals surface area contributed by atoms with Gasteiger partial charge in [0, 0.05) is 20.2 Å². The molecular weight excluding hydrogens is 316 g/mol. The van der Waals surface area contributed by atoms with Crippen LogP contribution in [-0.2, 0) is 24.3 Å². The van der Waals surface area contributed by atoms with E-state index in [1.54, 1.807) is 12.0 Å². The minimum Gasteiger partial charge on any atom is -0.394 e. The molecule has 2 aromatic carbocycles. The van der Waals surface area contributed by atoms with Crippen molar-refractivity contribution in [2.24, 2.45) is 0 Å². The number of carbonyl (C=O) groups is 1. The quantitative estimate of drug-likeness (QED) is 0.880. The number of ether oxygens (including phenoxy) is 1. The average molecular weight is 340 g/mol. The third-order valence-corrected chi connectivity index (χ3v) is 4.62. The Morgan fingerprint density at radius 1 is 1.20 bits per heavy atom. The SMILES string of the molecule is COCc1ccc(CNC(=O)N2CCc3ccccc3C2CO)cc1. The molecule has 2 amide bonds. The number of benzene rings is 2. The van der Waals surface area contributed by atoms with Gasteiger partial charge in [-0.15, -0.1) is 0 Å². The molecule has 1 unspecified atom stereocenters. The first-order chi connectivity index (χ1) is 12.2. The van der Waals surface area contributed by atoms with E-state index in [0.29, 0.717) is 19.7 Å². The number of hydrogen-bond donors (Lipinski definition) is 2. The fraction of sp³-hybridized carbons (Fsp3) is 0.350. The monoisotopic (exact) mass is 340 g/mol. The molecule has 3 rings (SSSR count). The summed E-state index contributed by atoms with van der Waals surface area (Å²) in [7, 11) is 1.67. The van der Waals surface area contributed by atoms with Crippen LogP contribution in [-0.4, -0.2) is 36.3 Å². The molecule has 0 aliphatic carbocycles. The van der Waals surface area contributed by atoms with Crippen molar-refractivity contribution in [3.8, 4) is 0 Å². The largest absolute Gasteiger partial charge is 0.394 e. The van der Waals surface area contributed by atoms with Crippen LogP contribution in [0.5, 0.6) is 0 Å². The van der Waals surface area contributed by atoms with Crippen LogP contribution in [0, 0.1) is 0 Å². The van der Waals surface area contributed by atoms with Crippen molar-refractivity contribution in [2.45, 2.75) is 25.6 Å². The fourth-order valence-corrected chi connectivity index (χ4v) is 3.29. The number of urea groups is 1. The van der Waals surface area contributed by atoms with E-state index >= 15 is 0 Å². The van der Waals surface area contributed by atoms with Gasteiger partial charge < -0.3 is 20.1 Å². The summed E-state index contributed by atoms with van der Waals surface area (Å²) in [5, 5.41) is 12.7. The minimum absolute atomic E-state index is 0.0733. The van der Waals surface area contributed by atoms with Crippen LogP contribution in [0.2, 0.25) is 0 Å². The Morgan fingerprint density at radius 3 is 2.64 bits per heavy atom. The van der Waals surface area contributed by atoms with Crippen molar-refractivity contribution >= 4 is 6.03 Å². The predicted molar refractivity (Wildman–Crippen MR) is 96.1 cm³/mol. The predicted octanol–water partition coefficient (Wildman–Crippen LogP) is 2.63. The zero-order valence-electron chi connectivity index (χ0n) is 14.4. The van der Waals surface area contributed by atoms with Crippen LogP contribution in [0.15, 0.2) is 48.5 Å². The topological polar surface area (TPSA) is 61.8 Å². The molecule has 1 atom stereocenters. The fourth-order valence-electron chi connectivity index (χ4n) is 3.29. The Kier molecular flexibility index (Phi) is 5.68.